The number of aryl methyl sites for hydroxylation is 1. The van der Waals surface area contributed by atoms with Gasteiger partial charge in [0, 0.05) is 25.6 Å². The molecule has 1 atom stereocenters. The molecule has 0 spiro atoms. The van der Waals surface area contributed by atoms with E-state index >= 15 is 0 Å². The second-order valence-electron chi connectivity index (χ2n) is 9.41. The summed E-state index contributed by atoms with van der Waals surface area (Å²) in [7, 11) is -3.87. The second-order valence-corrected chi connectivity index (χ2v) is 11.3. The Morgan fingerprint density at radius 3 is 2.31 bits per heavy atom. The molecule has 1 heterocycles. The van der Waals surface area contributed by atoms with E-state index in [4.69, 9.17) is 9.47 Å². The number of fused-ring (bicyclic) bond motifs is 1. The van der Waals surface area contributed by atoms with Crippen molar-refractivity contribution in [2.75, 3.05) is 30.4 Å². The number of likely N-dealkylation sites (N-methyl/N-ethyl adjacent to an activating group) is 1. The van der Waals surface area contributed by atoms with Crippen LogP contribution in [0.2, 0.25) is 0 Å². The van der Waals surface area contributed by atoms with Crippen molar-refractivity contribution < 1.29 is 27.5 Å². The lowest BCUT2D eigenvalue weighted by Crippen LogP contribution is -2.53. The van der Waals surface area contributed by atoms with Crippen molar-refractivity contribution in [3.63, 3.8) is 0 Å². The standard InChI is InChI=1S/C29H33N3O6S/c1-4-30-29(34)25(16-22-8-6-5-7-9-22)31(18-23-12-10-21(2)11-13-23)28(33)19-32(39(3,35)36)24-14-15-26-27(17-24)38-20-37-26/h5-15,17,25H,4,16,18-20H2,1-3H3,(H,30,34). The fourth-order valence-electron chi connectivity index (χ4n) is 4.39. The Bertz CT molecular complexity index is 1410. The minimum Gasteiger partial charge on any atom is -0.454 e. The molecule has 0 saturated heterocycles. The molecular weight excluding hydrogens is 518 g/mol. The van der Waals surface area contributed by atoms with E-state index in [9.17, 15) is 18.0 Å². The Morgan fingerprint density at radius 1 is 0.949 bits per heavy atom. The molecule has 0 bridgehead atoms. The highest BCUT2D eigenvalue weighted by Crippen LogP contribution is 2.36. The van der Waals surface area contributed by atoms with E-state index in [1.807, 2.05) is 68.4 Å². The molecule has 206 valence electrons. The van der Waals surface area contributed by atoms with Gasteiger partial charge in [-0.05, 0) is 37.1 Å². The fraction of sp³-hybridized carbons (Fsp3) is 0.310. The number of carbonyl (C=O) groups is 2. The highest BCUT2D eigenvalue weighted by atomic mass is 32.2. The Hall–Kier alpha value is -4.05. The molecule has 1 N–H and O–H groups in total. The fourth-order valence-corrected chi connectivity index (χ4v) is 5.23. The van der Waals surface area contributed by atoms with Crippen LogP contribution in [0.25, 0.3) is 0 Å². The third kappa shape index (κ3) is 7.08. The summed E-state index contributed by atoms with van der Waals surface area (Å²) in [5.74, 6) is 0.0785. The smallest absolute Gasteiger partial charge is 0.244 e. The van der Waals surface area contributed by atoms with Gasteiger partial charge in [-0.1, -0.05) is 60.2 Å². The van der Waals surface area contributed by atoms with Crippen LogP contribution in [0.1, 0.15) is 23.6 Å². The van der Waals surface area contributed by atoms with Crippen molar-refractivity contribution in [2.24, 2.45) is 0 Å². The average Bonchev–Trinajstić information content (AvgIpc) is 3.38. The topological polar surface area (TPSA) is 105 Å². The van der Waals surface area contributed by atoms with Gasteiger partial charge in [0.05, 0.1) is 11.9 Å². The lowest BCUT2D eigenvalue weighted by molar-refractivity contribution is -0.140. The first kappa shape index (κ1) is 28.0. The van der Waals surface area contributed by atoms with Gasteiger partial charge >= 0.3 is 0 Å². The minimum atomic E-state index is -3.87. The first-order valence-electron chi connectivity index (χ1n) is 12.7. The van der Waals surface area contributed by atoms with Crippen LogP contribution in [0.5, 0.6) is 11.5 Å². The monoisotopic (exact) mass is 551 g/mol. The maximum atomic E-state index is 14.0. The maximum absolute atomic E-state index is 14.0. The molecule has 9 nitrogen and oxygen atoms in total. The maximum Gasteiger partial charge on any atom is 0.244 e. The van der Waals surface area contributed by atoms with Crippen molar-refractivity contribution in [1.29, 1.82) is 0 Å². The summed E-state index contributed by atoms with van der Waals surface area (Å²) >= 11 is 0. The quantitative estimate of drug-likeness (QED) is 0.392. The van der Waals surface area contributed by atoms with Gasteiger partial charge in [0.15, 0.2) is 11.5 Å². The molecule has 1 unspecified atom stereocenters. The summed E-state index contributed by atoms with van der Waals surface area (Å²) in [5.41, 5.74) is 3.03. The molecule has 0 fully saturated rings. The summed E-state index contributed by atoms with van der Waals surface area (Å²) in [4.78, 5) is 28.8. The zero-order valence-corrected chi connectivity index (χ0v) is 23.1. The van der Waals surface area contributed by atoms with E-state index in [0.29, 0.717) is 18.0 Å². The van der Waals surface area contributed by atoms with Crippen molar-refractivity contribution >= 4 is 27.5 Å². The molecule has 1 aliphatic rings. The Morgan fingerprint density at radius 2 is 1.64 bits per heavy atom. The molecule has 39 heavy (non-hydrogen) atoms. The van der Waals surface area contributed by atoms with Crippen LogP contribution in [0.15, 0.2) is 72.8 Å². The Kier molecular flexibility index (Phi) is 8.75. The third-order valence-corrected chi connectivity index (χ3v) is 7.56. The van der Waals surface area contributed by atoms with Gasteiger partial charge in [-0.25, -0.2) is 8.42 Å². The van der Waals surface area contributed by atoms with E-state index in [0.717, 1.165) is 27.3 Å². The lowest BCUT2D eigenvalue weighted by atomic mass is 10.0. The number of nitrogens with zero attached hydrogens (tertiary/aromatic N) is 2. The first-order chi connectivity index (χ1) is 18.7. The summed E-state index contributed by atoms with van der Waals surface area (Å²) in [6, 6.07) is 21.0. The predicted molar refractivity (Wildman–Crippen MR) is 149 cm³/mol. The highest BCUT2D eigenvalue weighted by molar-refractivity contribution is 7.92. The van der Waals surface area contributed by atoms with Gasteiger partial charge in [0.2, 0.25) is 28.6 Å². The number of rotatable bonds is 11. The number of ether oxygens (including phenoxy) is 2. The predicted octanol–water partition coefficient (Wildman–Crippen LogP) is 3.27. The number of amides is 2. The van der Waals surface area contributed by atoms with Gasteiger partial charge < -0.3 is 19.7 Å². The molecule has 2 amide bonds. The van der Waals surface area contributed by atoms with E-state index in [1.165, 1.54) is 11.0 Å². The van der Waals surface area contributed by atoms with Crippen LogP contribution in [0.4, 0.5) is 5.69 Å². The normalized spacial score (nSPS) is 13.0. The summed E-state index contributed by atoms with van der Waals surface area (Å²) in [6.45, 7) is 3.85. The van der Waals surface area contributed by atoms with Crippen molar-refractivity contribution in [3.8, 4) is 11.5 Å². The molecule has 3 aromatic rings. The first-order valence-corrected chi connectivity index (χ1v) is 14.5. The molecule has 0 saturated carbocycles. The number of sulfonamides is 1. The van der Waals surface area contributed by atoms with Crippen molar-refractivity contribution in [2.45, 2.75) is 32.9 Å². The van der Waals surface area contributed by atoms with Gasteiger partial charge in [0.1, 0.15) is 12.6 Å². The van der Waals surface area contributed by atoms with Gasteiger partial charge in [-0.15, -0.1) is 0 Å². The van der Waals surface area contributed by atoms with Crippen LogP contribution in [0.3, 0.4) is 0 Å². The number of carbonyl (C=O) groups excluding carboxylic acids is 2. The summed E-state index contributed by atoms with van der Waals surface area (Å²) < 4.78 is 37.6. The Balaban J connectivity index is 1.71. The average molecular weight is 552 g/mol. The number of benzene rings is 3. The van der Waals surface area contributed by atoms with Crippen molar-refractivity contribution in [3.05, 3.63) is 89.5 Å². The number of anilines is 1. The third-order valence-electron chi connectivity index (χ3n) is 6.42. The SMILES string of the molecule is CCNC(=O)C(Cc1ccccc1)N(Cc1ccc(C)cc1)C(=O)CN(c1ccc2c(c1)OCO2)S(C)(=O)=O. The lowest BCUT2D eigenvalue weighted by Gasteiger charge is -2.33. The number of nitrogens with one attached hydrogen (secondary N) is 1. The van der Waals surface area contributed by atoms with E-state index in [1.54, 1.807) is 12.1 Å². The van der Waals surface area contributed by atoms with E-state index in [2.05, 4.69) is 5.32 Å². The number of hydrogen-bond donors (Lipinski definition) is 1. The molecular formula is C29H33N3O6S. The van der Waals surface area contributed by atoms with E-state index in [-0.39, 0.29) is 31.4 Å². The highest BCUT2D eigenvalue weighted by Gasteiger charge is 2.33. The zero-order valence-electron chi connectivity index (χ0n) is 22.3. The van der Waals surface area contributed by atoms with Crippen LogP contribution in [-0.4, -0.2) is 57.3 Å². The molecule has 0 radical (unpaired) electrons. The van der Waals surface area contributed by atoms with Crippen molar-refractivity contribution in [1.82, 2.24) is 10.2 Å². The molecule has 1 aliphatic heterocycles. The largest absolute Gasteiger partial charge is 0.454 e. The molecule has 0 aliphatic carbocycles. The van der Waals surface area contributed by atoms with Crippen LogP contribution < -0.4 is 19.1 Å². The Labute approximate surface area is 229 Å². The van der Waals surface area contributed by atoms with Crippen LogP contribution >= 0.6 is 0 Å². The summed E-state index contributed by atoms with van der Waals surface area (Å²) in [5, 5.41) is 2.84. The van der Waals surface area contributed by atoms with Gasteiger partial charge in [-0.3, -0.25) is 13.9 Å². The summed E-state index contributed by atoms with van der Waals surface area (Å²) in [6.07, 6.45) is 1.31. The molecule has 10 heteroatoms. The van der Waals surface area contributed by atoms with Crippen LogP contribution in [-0.2, 0) is 32.6 Å². The molecule has 3 aromatic carbocycles. The molecule has 0 aromatic heterocycles. The second kappa shape index (κ2) is 12.2. The number of hydrogen-bond acceptors (Lipinski definition) is 6. The minimum absolute atomic E-state index is 0.0363. The van der Waals surface area contributed by atoms with Gasteiger partial charge in [-0.2, -0.15) is 0 Å². The van der Waals surface area contributed by atoms with E-state index < -0.39 is 28.5 Å². The van der Waals surface area contributed by atoms with Gasteiger partial charge in [0.25, 0.3) is 0 Å². The van der Waals surface area contributed by atoms with Crippen LogP contribution in [0, 0.1) is 6.92 Å². The zero-order chi connectivity index (χ0) is 28.0. The molecule has 4 rings (SSSR count).